The third-order valence-corrected chi connectivity index (χ3v) is 3.87. The number of para-hydroxylation sites is 1. The minimum atomic E-state index is -3.47. The van der Waals surface area contributed by atoms with Crippen LogP contribution < -0.4 is 15.4 Å². The Kier molecular flexibility index (Phi) is 6.88. The molecule has 0 saturated heterocycles. The lowest BCUT2D eigenvalue weighted by molar-refractivity contribution is 0.597. The Morgan fingerprint density at radius 3 is 2.81 bits per heavy atom. The fraction of sp³-hybridized carbons (Fsp3) is 0.462. The van der Waals surface area contributed by atoms with Crippen molar-refractivity contribution in [1.29, 1.82) is 0 Å². The molecule has 1 aliphatic heterocycles. The number of primary sulfonamides is 1. The van der Waals surface area contributed by atoms with Crippen molar-refractivity contribution < 1.29 is 8.42 Å². The topological polar surface area (TPSA) is 87.8 Å². The van der Waals surface area contributed by atoms with Crippen LogP contribution in [0.15, 0.2) is 29.3 Å². The van der Waals surface area contributed by atoms with Gasteiger partial charge in [0.05, 0.1) is 12.3 Å². The smallest absolute Gasteiger partial charge is 0.210 e. The molecule has 0 aliphatic carbocycles. The minimum absolute atomic E-state index is 0. The molecule has 3 N–H and O–H groups in total. The largest absolute Gasteiger partial charge is 0.356 e. The van der Waals surface area contributed by atoms with Crippen LogP contribution in [0.25, 0.3) is 0 Å². The van der Waals surface area contributed by atoms with Crippen LogP contribution in [-0.4, -0.2) is 39.8 Å². The van der Waals surface area contributed by atoms with Crippen molar-refractivity contribution in [3.63, 3.8) is 0 Å². The van der Waals surface area contributed by atoms with Gasteiger partial charge in [-0.05, 0) is 25.0 Å². The van der Waals surface area contributed by atoms with Crippen molar-refractivity contribution in [2.75, 3.05) is 30.3 Å². The molecule has 0 aromatic heterocycles. The second-order valence-corrected chi connectivity index (χ2v) is 6.37. The predicted octanol–water partition coefficient (Wildman–Crippen LogP) is 0.921. The summed E-state index contributed by atoms with van der Waals surface area (Å²) in [5.74, 6) is 0.568. The van der Waals surface area contributed by atoms with E-state index in [4.69, 9.17) is 5.14 Å². The number of guanidine groups is 1. The zero-order chi connectivity index (χ0) is 14.6. The standard InChI is InChI=1S/C13H20N4O2S.HI/c1-2-15-13(16-8-10-20(14,18)19)17-9-7-11-5-3-4-6-12(11)17;/h3-6H,2,7-10H2,1H3,(H,15,16)(H2,14,18,19);1H. The first-order chi connectivity index (χ1) is 9.51. The van der Waals surface area contributed by atoms with Crippen molar-refractivity contribution in [2.24, 2.45) is 10.1 Å². The number of nitrogens with one attached hydrogen (secondary N) is 1. The average Bonchev–Trinajstić information content (AvgIpc) is 2.80. The highest BCUT2D eigenvalue weighted by Gasteiger charge is 2.22. The second-order valence-electron chi connectivity index (χ2n) is 4.63. The molecule has 6 nitrogen and oxygen atoms in total. The lowest BCUT2D eigenvalue weighted by atomic mass is 10.2. The number of fused-ring (bicyclic) bond motifs is 1. The first-order valence-corrected chi connectivity index (χ1v) is 8.37. The number of hydrogen-bond acceptors (Lipinski definition) is 3. The summed E-state index contributed by atoms with van der Waals surface area (Å²) in [6.07, 6.45) is 0.968. The van der Waals surface area contributed by atoms with Gasteiger partial charge in [-0.2, -0.15) is 0 Å². The maximum Gasteiger partial charge on any atom is 0.210 e. The number of sulfonamides is 1. The van der Waals surface area contributed by atoms with Crippen LogP contribution in [0.4, 0.5) is 5.69 Å². The van der Waals surface area contributed by atoms with Gasteiger partial charge in [0.1, 0.15) is 0 Å². The molecule has 0 bridgehead atoms. The quantitative estimate of drug-likeness (QED) is 0.428. The molecule has 0 fully saturated rings. The Morgan fingerprint density at radius 2 is 2.14 bits per heavy atom. The molecule has 1 aromatic rings. The van der Waals surface area contributed by atoms with E-state index < -0.39 is 10.0 Å². The number of rotatable bonds is 4. The van der Waals surface area contributed by atoms with Gasteiger partial charge in [-0.3, -0.25) is 4.99 Å². The molecule has 8 heteroatoms. The van der Waals surface area contributed by atoms with Gasteiger partial charge in [0.15, 0.2) is 5.96 Å². The van der Waals surface area contributed by atoms with Crippen LogP contribution in [0.1, 0.15) is 12.5 Å². The maximum absolute atomic E-state index is 11.0. The van der Waals surface area contributed by atoms with Crippen molar-refractivity contribution >= 4 is 45.6 Å². The molecule has 21 heavy (non-hydrogen) atoms. The molecular formula is C13H21IN4O2S. The molecule has 1 aliphatic rings. The van der Waals surface area contributed by atoms with E-state index in [0.717, 1.165) is 25.2 Å². The first kappa shape index (κ1) is 18.2. The highest BCUT2D eigenvalue weighted by Crippen LogP contribution is 2.27. The van der Waals surface area contributed by atoms with E-state index >= 15 is 0 Å². The van der Waals surface area contributed by atoms with E-state index in [1.54, 1.807) is 0 Å². The highest BCUT2D eigenvalue weighted by atomic mass is 127. The third-order valence-electron chi connectivity index (χ3n) is 3.12. The van der Waals surface area contributed by atoms with Gasteiger partial charge in [-0.1, -0.05) is 18.2 Å². The Labute approximate surface area is 142 Å². The van der Waals surface area contributed by atoms with Crippen molar-refractivity contribution in [3.05, 3.63) is 29.8 Å². The number of aliphatic imine (C=N–C) groups is 1. The second kappa shape index (κ2) is 7.95. The van der Waals surface area contributed by atoms with Gasteiger partial charge in [0, 0.05) is 18.8 Å². The summed E-state index contributed by atoms with van der Waals surface area (Å²) < 4.78 is 21.9. The molecule has 1 aromatic carbocycles. The van der Waals surface area contributed by atoms with Gasteiger partial charge < -0.3 is 10.2 Å². The van der Waals surface area contributed by atoms with Gasteiger partial charge in [-0.25, -0.2) is 13.6 Å². The number of benzene rings is 1. The predicted molar refractivity (Wildman–Crippen MR) is 96.9 cm³/mol. The molecule has 1 heterocycles. The summed E-state index contributed by atoms with van der Waals surface area (Å²) in [6, 6.07) is 8.16. The van der Waals surface area contributed by atoms with Crippen molar-refractivity contribution in [2.45, 2.75) is 13.3 Å². The van der Waals surface area contributed by atoms with Gasteiger partial charge in [0.2, 0.25) is 10.0 Å². The highest BCUT2D eigenvalue weighted by molar-refractivity contribution is 14.0. The molecule has 2 rings (SSSR count). The summed E-state index contributed by atoms with van der Waals surface area (Å²) in [6.45, 7) is 3.73. The van der Waals surface area contributed by atoms with Gasteiger partial charge >= 0.3 is 0 Å². The fourth-order valence-corrected chi connectivity index (χ4v) is 2.58. The molecule has 0 amide bonds. The maximum atomic E-state index is 11.0. The van der Waals surface area contributed by atoms with Crippen molar-refractivity contribution in [3.8, 4) is 0 Å². The minimum Gasteiger partial charge on any atom is -0.356 e. The monoisotopic (exact) mass is 424 g/mol. The van der Waals surface area contributed by atoms with E-state index in [9.17, 15) is 8.42 Å². The summed E-state index contributed by atoms with van der Waals surface area (Å²) in [5.41, 5.74) is 2.41. The molecule has 0 atom stereocenters. The van der Waals surface area contributed by atoms with Gasteiger partial charge in [-0.15, -0.1) is 24.0 Å². The van der Waals surface area contributed by atoms with Crippen LogP contribution >= 0.6 is 24.0 Å². The molecule has 0 spiro atoms. The Morgan fingerprint density at radius 1 is 1.43 bits per heavy atom. The van der Waals surface area contributed by atoms with Crippen LogP contribution in [0.5, 0.6) is 0 Å². The van der Waals surface area contributed by atoms with Crippen LogP contribution in [-0.2, 0) is 16.4 Å². The number of halogens is 1. The van der Waals surface area contributed by atoms with Gasteiger partial charge in [0.25, 0.3) is 0 Å². The zero-order valence-electron chi connectivity index (χ0n) is 11.9. The molecule has 0 radical (unpaired) electrons. The van der Waals surface area contributed by atoms with Crippen LogP contribution in [0.2, 0.25) is 0 Å². The van der Waals surface area contributed by atoms with E-state index in [1.807, 2.05) is 19.1 Å². The SMILES string of the molecule is CCNC(=NCCS(N)(=O)=O)N1CCc2ccccc21.I. The zero-order valence-corrected chi connectivity index (χ0v) is 15.1. The summed E-state index contributed by atoms with van der Waals surface area (Å²) in [5, 5.41) is 8.19. The lowest BCUT2D eigenvalue weighted by Gasteiger charge is -2.22. The Bertz CT molecular complexity index is 604. The summed E-state index contributed by atoms with van der Waals surface area (Å²) >= 11 is 0. The number of nitrogens with two attached hydrogens (primary N) is 1. The molecular weight excluding hydrogens is 403 g/mol. The lowest BCUT2D eigenvalue weighted by Crippen LogP contribution is -2.41. The number of nitrogens with zero attached hydrogens (tertiary/aromatic N) is 2. The normalized spacial score (nSPS) is 14.6. The number of hydrogen-bond donors (Lipinski definition) is 2. The average molecular weight is 424 g/mol. The van der Waals surface area contributed by atoms with E-state index in [1.165, 1.54) is 5.56 Å². The Balaban J connectivity index is 0.00000220. The van der Waals surface area contributed by atoms with Crippen LogP contribution in [0, 0.1) is 0 Å². The molecule has 0 unspecified atom stereocenters. The Hall–Kier alpha value is -0.870. The van der Waals surface area contributed by atoms with E-state index in [-0.39, 0.29) is 36.3 Å². The molecule has 118 valence electrons. The summed E-state index contributed by atoms with van der Waals surface area (Å²) in [4.78, 5) is 6.44. The van der Waals surface area contributed by atoms with Crippen molar-refractivity contribution in [1.82, 2.24) is 5.32 Å². The summed E-state index contributed by atoms with van der Waals surface area (Å²) in [7, 11) is -3.47. The van der Waals surface area contributed by atoms with E-state index in [2.05, 4.69) is 27.3 Å². The van der Waals surface area contributed by atoms with Crippen LogP contribution in [0.3, 0.4) is 0 Å². The third kappa shape index (κ3) is 5.11. The number of anilines is 1. The molecule has 0 saturated carbocycles. The first-order valence-electron chi connectivity index (χ1n) is 6.65. The van der Waals surface area contributed by atoms with E-state index in [0.29, 0.717) is 5.96 Å². The fourth-order valence-electron chi connectivity index (χ4n) is 2.23.